The Morgan fingerprint density at radius 1 is 1.50 bits per heavy atom. The van der Waals surface area contributed by atoms with Crippen molar-refractivity contribution in [1.29, 1.82) is 0 Å². The Morgan fingerprint density at radius 2 is 2.07 bits per heavy atom. The van der Waals surface area contributed by atoms with Crippen LogP contribution in [0.25, 0.3) is 0 Å². The Morgan fingerprint density at radius 3 is 2.50 bits per heavy atom. The summed E-state index contributed by atoms with van der Waals surface area (Å²) in [5.74, 6) is 0. The van der Waals surface area contributed by atoms with Crippen molar-refractivity contribution in [3.8, 4) is 0 Å². The summed E-state index contributed by atoms with van der Waals surface area (Å²) in [6, 6.07) is 0. The molecule has 0 heterocycles. The van der Waals surface area contributed by atoms with Crippen LogP contribution in [-0.4, -0.2) is 29.5 Å². The molecule has 0 bridgehead atoms. The van der Waals surface area contributed by atoms with Crippen molar-refractivity contribution in [3.05, 3.63) is 10.1 Å². The molecule has 8 heteroatoms. The maximum Gasteiger partial charge on any atom is 0.510 e. The molecule has 0 rings (SSSR count). The molecule has 0 spiro atoms. The minimum Gasteiger partial charge on any atom is -0.429 e. The highest BCUT2D eigenvalue weighted by Crippen LogP contribution is 2.01. The van der Waals surface area contributed by atoms with Gasteiger partial charge in [0.2, 0.25) is 0 Å². The van der Waals surface area contributed by atoms with Crippen molar-refractivity contribution in [2.75, 3.05) is 6.61 Å². The van der Waals surface area contributed by atoms with E-state index in [0.717, 1.165) is 0 Å². The standard InChI is InChI=1S/C6H10ClNO6/c1-4(3-12-8(10)11)13-6(9)14-5(2)7/h4-5H,3H2,1-2H3. The average Bonchev–Trinajstić information content (AvgIpc) is 1.98. The van der Waals surface area contributed by atoms with Crippen molar-refractivity contribution in [1.82, 2.24) is 0 Å². The summed E-state index contributed by atoms with van der Waals surface area (Å²) in [4.78, 5) is 24.5. The summed E-state index contributed by atoms with van der Waals surface area (Å²) in [5, 5.41) is 8.78. The first-order valence-corrected chi connectivity index (χ1v) is 4.14. The van der Waals surface area contributed by atoms with Crippen LogP contribution in [0.15, 0.2) is 0 Å². The number of hydrogen-bond acceptors (Lipinski definition) is 6. The fraction of sp³-hybridized carbons (Fsp3) is 0.833. The maximum absolute atomic E-state index is 10.8. The molecule has 82 valence electrons. The van der Waals surface area contributed by atoms with Crippen LogP contribution in [0.5, 0.6) is 0 Å². The predicted molar refractivity (Wildman–Crippen MR) is 45.3 cm³/mol. The van der Waals surface area contributed by atoms with Crippen molar-refractivity contribution in [3.63, 3.8) is 0 Å². The highest BCUT2D eigenvalue weighted by molar-refractivity contribution is 6.19. The predicted octanol–water partition coefficient (Wildman–Crippen LogP) is 1.32. The Kier molecular flexibility index (Phi) is 5.70. The van der Waals surface area contributed by atoms with E-state index in [1.165, 1.54) is 13.8 Å². The van der Waals surface area contributed by atoms with Crippen LogP contribution in [0.1, 0.15) is 13.8 Å². The Balaban J connectivity index is 3.65. The first-order chi connectivity index (χ1) is 6.41. The molecule has 0 fully saturated rings. The van der Waals surface area contributed by atoms with Crippen LogP contribution >= 0.6 is 11.6 Å². The first-order valence-electron chi connectivity index (χ1n) is 3.70. The van der Waals surface area contributed by atoms with Gasteiger partial charge in [-0.15, -0.1) is 10.1 Å². The minimum atomic E-state index is -0.994. The van der Waals surface area contributed by atoms with Crippen molar-refractivity contribution in [2.24, 2.45) is 0 Å². The van der Waals surface area contributed by atoms with Gasteiger partial charge in [0.1, 0.15) is 12.7 Å². The summed E-state index contributed by atoms with van der Waals surface area (Å²) >= 11 is 5.32. The monoisotopic (exact) mass is 227 g/mol. The second-order valence-electron chi connectivity index (χ2n) is 2.36. The van der Waals surface area contributed by atoms with E-state index < -0.39 is 22.9 Å². The van der Waals surface area contributed by atoms with Gasteiger partial charge in [0, 0.05) is 0 Å². The number of carbonyl (C=O) groups excluding carboxylic acids is 1. The van der Waals surface area contributed by atoms with E-state index in [1.807, 2.05) is 0 Å². The largest absolute Gasteiger partial charge is 0.510 e. The zero-order chi connectivity index (χ0) is 11.1. The summed E-state index contributed by atoms with van der Waals surface area (Å²) in [6.45, 7) is 2.50. The Bertz CT molecular complexity index is 208. The normalized spacial score (nSPS) is 13.9. The maximum atomic E-state index is 10.8. The topological polar surface area (TPSA) is 87.9 Å². The fourth-order valence-corrected chi connectivity index (χ4v) is 0.597. The van der Waals surface area contributed by atoms with Gasteiger partial charge in [0.05, 0.1) is 0 Å². The molecule has 7 nitrogen and oxygen atoms in total. The number of ether oxygens (including phenoxy) is 2. The lowest BCUT2D eigenvalue weighted by Gasteiger charge is -2.12. The number of nitrogens with zero attached hydrogens (tertiary/aromatic N) is 1. The average molecular weight is 228 g/mol. The molecule has 0 aliphatic heterocycles. The number of carbonyl (C=O) groups is 1. The molecular weight excluding hydrogens is 218 g/mol. The second kappa shape index (κ2) is 6.25. The Hall–Kier alpha value is -1.24. The molecule has 0 N–H and O–H groups in total. The van der Waals surface area contributed by atoms with Gasteiger partial charge in [-0.25, -0.2) is 4.79 Å². The van der Waals surface area contributed by atoms with Crippen molar-refractivity contribution in [2.45, 2.75) is 25.5 Å². The second-order valence-corrected chi connectivity index (χ2v) is 2.97. The van der Waals surface area contributed by atoms with E-state index >= 15 is 0 Å². The third-order valence-corrected chi connectivity index (χ3v) is 1.06. The van der Waals surface area contributed by atoms with Crippen LogP contribution in [0.4, 0.5) is 4.79 Å². The SMILES string of the molecule is CC(Cl)OC(=O)OC(C)CO[N+](=O)[O-]. The van der Waals surface area contributed by atoms with Crippen LogP contribution in [0.3, 0.4) is 0 Å². The Labute approximate surface area is 85.0 Å². The van der Waals surface area contributed by atoms with Gasteiger partial charge < -0.3 is 14.3 Å². The van der Waals surface area contributed by atoms with Gasteiger partial charge in [-0.05, 0) is 13.8 Å². The van der Waals surface area contributed by atoms with E-state index in [9.17, 15) is 14.9 Å². The molecule has 0 saturated heterocycles. The molecule has 0 amide bonds. The molecule has 2 atom stereocenters. The number of rotatable bonds is 5. The molecule has 0 saturated carbocycles. The summed E-state index contributed by atoms with van der Waals surface area (Å²) in [7, 11) is 0. The summed E-state index contributed by atoms with van der Waals surface area (Å²) in [5.41, 5.74) is -0.814. The smallest absolute Gasteiger partial charge is 0.429 e. The number of alkyl halides is 1. The van der Waals surface area contributed by atoms with Crippen LogP contribution < -0.4 is 0 Å². The molecular formula is C6H10ClNO6. The lowest BCUT2D eigenvalue weighted by Crippen LogP contribution is -2.23. The van der Waals surface area contributed by atoms with Crippen molar-refractivity contribution < 1.29 is 24.2 Å². The van der Waals surface area contributed by atoms with E-state index in [0.29, 0.717) is 0 Å². The van der Waals surface area contributed by atoms with Gasteiger partial charge >= 0.3 is 6.16 Å². The zero-order valence-electron chi connectivity index (χ0n) is 7.64. The third-order valence-electron chi connectivity index (χ3n) is 0.971. The lowest BCUT2D eigenvalue weighted by molar-refractivity contribution is -0.759. The molecule has 14 heavy (non-hydrogen) atoms. The van der Waals surface area contributed by atoms with Crippen LogP contribution in [0.2, 0.25) is 0 Å². The first kappa shape index (κ1) is 12.8. The van der Waals surface area contributed by atoms with E-state index in [1.54, 1.807) is 0 Å². The van der Waals surface area contributed by atoms with E-state index in [-0.39, 0.29) is 6.61 Å². The number of hydrogen-bond donors (Lipinski definition) is 0. The molecule has 2 unspecified atom stereocenters. The van der Waals surface area contributed by atoms with Crippen LogP contribution in [-0.2, 0) is 14.3 Å². The van der Waals surface area contributed by atoms with Gasteiger partial charge in [-0.2, -0.15) is 0 Å². The van der Waals surface area contributed by atoms with Gasteiger partial charge in [-0.1, -0.05) is 11.6 Å². The molecule has 0 aromatic carbocycles. The highest BCUT2D eigenvalue weighted by Gasteiger charge is 2.13. The molecule has 0 radical (unpaired) electrons. The molecule has 0 aliphatic rings. The van der Waals surface area contributed by atoms with Gasteiger partial charge in [-0.3, -0.25) is 0 Å². The zero-order valence-corrected chi connectivity index (χ0v) is 8.39. The van der Waals surface area contributed by atoms with Crippen LogP contribution in [0, 0.1) is 10.1 Å². The van der Waals surface area contributed by atoms with Gasteiger partial charge in [0.25, 0.3) is 5.09 Å². The summed E-state index contributed by atoms with van der Waals surface area (Å²) < 4.78 is 8.94. The third kappa shape index (κ3) is 7.41. The highest BCUT2D eigenvalue weighted by atomic mass is 35.5. The molecule has 0 aliphatic carbocycles. The fourth-order valence-electron chi connectivity index (χ4n) is 0.524. The minimum absolute atomic E-state index is 0.348. The lowest BCUT2D eigenvalue weighted by atomic mass is 10.4. The van der Waals surface area contributed by atoms with Gasteiger partial charge in [0.15, 0.2) is 5.56 Å². The van der Waals surface area contributed by atoms with E-state index in [2.05, 4.69) is 14.3 Å². The summed E-state index contributed by atoms with van der Waals surface area (Å²) in [6.07, 6.45) is -1.77. The quantitative estimate of drug-likeness (QED) is 0.305. The van der Waals surface area contributed by atoms with Crippen molar-refractivity contribution >= 4 is 17.8 Å². The molecule has 0 aromatic heterocycles. The number of halogens is 1. The van der Waals surface area contributed by atoms with E-state index in [4.69, 9.17) is 11.6 Å². The molecule has 0 aromatic rings.